The molecule has 0 atom stereocenters. The molecule has 0 amide bonds. The number of aromatic nitrogens is 1. The van der Waals surface area contributed by atoms with Gasteiger partial charge in [0.15, 0.2) is 0 Å². The molecule has 27 heavy (non-hydrogen) atoms. The molecule has 0 spiro atoms. The molecule has 1 saturated carbocycles. The number of hydrogen-bond acceptors (Lipinski definition) is 2. The lowest BCUT2D eigenvalue weighted by Crippen LogP contribution is -2.44. The molecule has 146 valence electrons. The zero-order chi connectivity index (χ0) is 19.0. The standard InChI is InChI=1S/C24H35N3/c1-24(2,3)19-8-10-20(11-9-19)26-14-12-21(13-15-26)27-17-18(16-25)22-6-4-5-7-23(22)27/h4-7,16-17,19-21,25H,8-15H2,1-3H3/t19-,20+. The third-order valence-electron chi connectivity index (χ3n) is 7.26. The first kappa shape index (κ1) is 18.7. The number of para-hydroxylation sites is 1. The molecule has 1 aliphatic carbocycles. The summed E-state index contributed by atoms with van der Waals surface area (Å²) in [5.74, 6) is 0.900. The Morgan fingerprint density at radius 1 is 0.926 bits per heavy atom. The fourth-order valence-electron chi connectivity index (χ4n) is 5.49. The minimum atomic E-state index is 0.472. The molecule has 4 rings (SSSR count). The first-order valence-electron chi connectivity index (χ1n) is 10.8. The van der Waals surface area contributed by atoms with Crippen molar-refractivity contribution in [3.8, 4) is 0 Å². The maximum absolute atomic E-state index is 7.73. The molecule has 2 aromatic rings. The van der Waals surface area contributed by atoms with Crippen molar-refractivity contribution in [2.45, 2.75) is 71.4 Å². The number of rotatable bonds is 3. The molecule has 1 aliphatic heterocycles. The van der Waals surface area contributed by atoms with Crippen molar-refractivity contribution in [1.82, 2.24) is 9.47 Å². The summed E-state index contributed by atoms with van der Waals surface area (Å²) in [6, 6.07) is 9.94. The van der Waals surface area contributed by atoms with Crippen LogP contribution in [0, 0.1) is 16.7 Å². The molecular formula is C24H35N3. The van der Waals surface area contributed by atoms with Crippen molar-refractivity contribution in [2.24, 2.45) is 11.3 Å². The van der Waals surface area contributed by atoms with Gasteiger partial charge in [-0.15, -0.1) is 0 Å². The highest BCUT2D eigenvalue weighted by Gasteiger charge is 2.33. The lowest BCUT2D eigenvalue weighted by molar-refractivity contribution is 0.0723. The molecule has 1 aromatic carbocycles. The molecule has 1 N–H and O–H groups in total. The number of benzene rings is 1. The topological polar surface area (TPSA) is 32.0 Å². The van der Waals surface area contributed by atoms with Crippen LogP contribution in [0.25, 0.3) is 10.9 Å². The van der Waals surface area contributed by atoms with Gasteiger partial charge < -0.3 is 14.9 Å². The summed E-state index contributed by atoms with van der Waals surface area (Å²) < 4.78 is 2.45. The third-order valence-corrected chi connectivity index (χ3v) is 7.26. The quantitative estimate of drug-likeness (QED) is 0.677. The van der Waals surface area contributed by atoms with E-state index >= 15 is 0 Å². The molecule has 0 bridgehead atoms. The highest BCUT2D eigenvalue weighted by Crippen LogP contribution is 2.40. The molecule has 0 unspecified atom stereocenters. The molecule has 3 nitrogen and oxygen atoms in total. The van der Waals surface area contributed by atoms with Gasteiger partial charge in [-0.05, 0) is 55.9 Å². The van der Waals surface area contributed by atoms with Crippen LogP contribution in [-0.2, 0) is 0 Å². The zero-order valence-electron chi connectivity index (χ0n) is 17.2. The second kappa shape index (κ2) is 7.43. The van der Waals surface area contributed by atoms with Crippen molar-refractivity contribution in [1.29, 1.82) is 5.41 Å². The lowest BCUT2D eigenvalue weighted by Gasteiger charge is -2.43. The number of piperidine rings is 1. The Bertz CT molecular complexity index is 782. The van der Waals surface area contributed by atoms with Crippen LogP contribution in [-0.4, -0.2) is 34.8 Å². The van der Waals surface area contributed by atoms with E-state index in [2.05, 4.69) is 60.7 Å². The summed E-state index contributed by atoms with van der Waals surface area (Å²) in [6.45, 7) is 9.68. The number of fused-ring (bicyclic) bond motifs is 1. The van der Waals surface area contributed by atoms with Gasteiger partial charge in [0.05, 0.1) is 0 Å². The monoisotopic (exact) mass is 365 g/mol. The highest BCUT2D eigenvalue weighted by molar-refractivity contribution is 5.98. The molecular weight excluding hydrogens is 330 g/mol. The third kappa shape index (κ3) is 3.71. The van der Waals surface area contributed by atoms with Crippen LogP contribution in [0.3, 0.4) is 0 Å². The van der Waals surface area contributed by atoms with E-state index in [4.69, 9.17) is 5.41 Å². The van der Waals surface area contributed by atoms with Crippen LogP contribution in [0.2, 0.25) is 0 Å². The Labute approximate surface area is 164 Å². The number of likely N-dealkylation sites (tertiary alicyclic amines) is 1. The van der Waals surface area contributed by atoms with Gasteiger partial charge in [0, 0.05) is 54.1 Å². The van der Waals surface area contributed by atoms with Crippen LogP contribution in [0.1, 0.15) is 70.9 Å². The molecule has 1 saturated heterocycles. The summed E-state index contributed by atoms with van der Waals surface area (Å²) in [6.07, 6.45) is 11.7. The minimum Gasteiger partial charge on any atom is -0.344 e. The molecule has 2 aliphatic rings. The van der Waals surface area contributed by atoms with Gasteiger partial charge >= 0.3 is 0 Å². The molecule has 1 aromatic heterocycles. The molecule has 0 radical (unpaired) electrons. The number of hydrogen-bond donors (Lipinski definition) is 1. The van der Waals surface area contributed by atoms with Gasteiger partial charge in [0.2, 0.25) is 0 Å². The lowest BCUT2D eigenvalue weighted by atomic mass is 9.71. The average Bonchev–Trinajstić information content (AvgIpc) is 3.06. The molecule has 2 fully saturated rings. The van der Waals surface area contributed by atoms with Crippen molar-refractivity contribution < 1.29 is 0 Å². The van der Waals surface area contributed by atoms with Gasteiger partial charge in [0.1, 0.15) is 0 Å². The van der Waals surface area contributed by atoms with E-state index in [0.717, 1.165) is 17.5 Å². The van der Waals surface area contributed by atoms with Crippen molar-refractivity contribution >= 4 is 17.1 Å². The van der Waals surface area contributed by atoms with E-state index in [1.165, 1.54) is 68.7 Å². The van der Waals surface area contributed by atoms with Crippen molar-refractivity contribution in [2.75, 3.05) is 13.1 Å². The zero-order valence-corrected chi connectivity index (χ0v) is 17.2. The average molecular weight is 366 g/mol. The van der Waals surface area contributed by atoms with Gasteiger partial charge in [-0.2, -0.15) is 0 Å². The van der Waals surface area contributed by atoms with Gasteiger partial charge in [-0.3, -0.25) is 0 Å². The minimum absolute atomic E-state index is 0.472. The van der Waals surface area contributed by atoms with E-state index in [1.807, 2.05) is 0 Å². The van der Waals surface area contributed by atoms with Crippen LogP contribution in [0.4, 0.5) is 0 Å². The maximum atomic E-state index is 7.73. The summed E-state index contributed by atoms with van der Waals surface area (Å²) in [5, 5.41) is 8.95. The van der Waals surface area contributed by atoms with Gasteiger partial charge in [-0.25, -0.2) is 0 Å². The van der Waals surface area contributed by atoms with E-state index < -0.39 is 0 Å². The van der Waals surface area contributed by atoms with Crippen LogP contribution < -0.4 is 0 Å². The Morgan fingerprint density at radius 2 is 1.59 bits per heavy atom. The van der Waals surface area contributed by atoms with Crippen molar-refractivity contribution in [3.63, 3.8) is 0 Å². The summed E-state index contributed by atoms with van der Waals surface area (Å²) in [5.41, 5.74) is 2.81. The highest BCUT2D eigenvalue weighted by atomic mass is 15.2. The second-order valence-electron chi connectivity index (χ2n) is 9.79. The summed E-state index contributed by atoms with van der Waals surface area (Å²) >= 11 is 0. The van der Waals surface area contributed by atoms with Gasteiger partial charge in [-0.1, -0.05) is 39.0 Å². The Hall–Kier alpha value is -1.61. The predicted octanol–water partition coefficient (Wildman–Crippen LogP) is 5.88. The smallest absolute Gasteiger partial charge is 0.0489 e. The van der Waals surface area contributed by atoms with Crippen LogP contribution >= 0.6 is 0 Å². The largest absolute Gasteiger partial charge is 0.344 e. The number of nitrogens with zero attached hydrogens (tertiary/aromatic N) is 2. The van der Waals surface area contributed by atoms with E-state index in [-0.39, 0.29) is 0 Å². The molecule has 3 heteroatoms. The van der Waals surface area contributed by atoms with E-state index in [1.54, 1.807) is 0 Å². The van der Waals surface area contributed by atoms with Gasteiger partial charge in [0.25, 0.3) is 0 Å². The maximum Gasteiger partial charge on any atom is 0.0489 e. The Kier molecular flexibility index (Phi) is 5.15. The Balaban J connectivity index is 1.40. The van der Waals surface area contributed by atoms with Crippen molar-refractivity contribution in [3.05, 3.63) is 36.0 Å². The molecule has 2 heterocycles. The normalized spacial score (nSPS) is 25.7. The van der Waals surface area contributed by atoms with Crippen LogP contribution in [0.5, 0.6) is 0 Å². The SMILES string of the molecule is CC(C)(C)[C@H]1CC[C@@H](N2CCC(n3cc(C=N)c4ccccc43)CC2)CC1. The second-order valence-corrected chi connectivity index (χ2v) is 9.79. The predicted molar refractivity (Wildman–Crippen MR) is 115 cm³/mol. The van der Waals surface area contributed by atoms with Crippen LogP contribution in [0.15, 0.2) is 30.5 Å². The first-order valence-corrected chi connectivity index (χ1v) is 10.8. The summed E-state index contributed by atoms with van der Waals surface area (Å²) in [7, 11) is 0. The van der Waals surface area contributed by atoms with E-state index in [0.29, 0.717) is 11.5 Å². The fourth-order valence-corrected chi connectivity index (χ4v) is 5.49. The summed E-state index contributed by atoms with van der Waals surface area (Å²) in [4.78, 5) is 2.78. The number of nitrogens with one attached hydrogen (secondary N) is 1. The fraction of sp³-hybridized carbons (Fsp3) is 0.625. The Morgan fingerprint density at radius 3 is 2.22 bits per heavy atom. The first-order chi connectivity index (χ1) is 13.0. The van der Waals surface area contributed by atoms with E-state index in [9.17, 15) is 0 Å².